The summed E-state index contributed by atoms with van der Waals surface area (Å²) < 4.78 is 2.16. The lowest BCUT2D eigenvalue weighted by atomic mass is 10.1. The molecule has 1 aromatic rings. The van der Waals surface area contributed by atoms with Gasteiger partial charge in [-0.2, -0.15) is 28.6 Å². The van der Waals surface area contributed by atoms with E-state index >= 15 is 0 Å². The lowest BCUT2D eigenvalue weighted by Gasteiger charge is -2.28. The molecule has 5 heteroatoms. The maximum absolute atomic E-state index is 4.80. The predicted molar refractivity (Wildman–Crippen MR) is 92.0 cm³/mol. The predicted octanol–water partition coefficient (Wildman–Crippen LogP) is 3.22. The summed E-state index contributed by atoms with van der Waals surface area (Å²) >= 11 is 4.21. The molecule has 1 aliphatic rings. The summed E-state index contributed by atoms with van der Waals surface area (Å²) in [6.07, 6.45) is 5.51. The van der Waals surface area contributed by atoms with Crippen LogP contribution in [0.3, 0.4) is 0 Å². The van der Waals surface area contributed by atoms with Crippen LogP contribution in [0.4, 0.5) is 0 Å². The number of hydrogen-bond acceptors (Lipinski definition) is 4. The van der Waals surface area contributed by atoms with Crippen LogP contribution in [-0.4, -0.2) is 45.4 Å². The van der Waals surface area contributed by atoms with E-state index in [9.17, 15) is 0 Å². The molecular weight excluding hydrogens is 286 g/mol. The van der Waals surface area contributed by atoms with Gasteiger partial charge in [0.2, 0.25) is 0 Å². The molecule has 1 aliphatic heterocycles. The molecule has 2 atom stereocenters. The minimum absolute atomic E-state index is 0.540. The van der Waals surface area contributed by atoms with Crippen LogP contribution in [0.2, 0.25) is 0 Å². The molecule has 3 nitrogen and oxygen atoms in total. The fraction of sp³-hybridized carbons (Fsp3) is 0.800. The molecule has 1 aromatic heterocycles. The van der Waals surface area contributed by atoms with Crippen LogP contribution in [0.25, 0.3) is 0 Å². The van der Waals surface area contributed by atoms with Crippen LogP contribution in [0.1, 0.15) is 38.4 Å². The van der Waals surface area contributed by atoms with E-state index in [4.69, 9.17) is 5.10 Å². The molecule has 0 amide bonds. The topological polar surface area (TPSA) is 29.9 Å². The number of aromatic nitrogens is 2. The number of hydrogen-bond donors (Lipinski definition) is 1. The van der Waals surface area contributed by atoms with E-state index in [1.807, 2.05) is 0 Å². The Morgan fingerprint density at radius 2 is 2.20 bits per heavy atom. The zero-order valence-corrected chi connectivity index (χ0v) is 14.5. The van der Waals surface area contributed by atoms with E-state index < -0.39 is 0 Å². The number of rotatable bonds is 7. The lowest BCUT2D eigenvalue weighted by molar-refractivity contribution is 0.422. The van der Waals surface area contributed by atoms with Crippen LogP contribution in [-0.2, 0) is 6.42 Å². The molecule has 0 bridgehead atoms. The largest absolute Gasteiger partial charge is 0.315 e. The number of nitrogens with one attached hydrogen (secondary N) is 1. The van der Waals surface area contributed by atoms with Gasteiger partial charge in [0.1, 0.15) is 0 Å². The van der Waals surface area contributed by atoms with E-state index in [-0.39, 0.29) is 0 Å². The standard InChI is InChI=1S/C15H27N3S2/c1-4-13(5-2)18-7-6-12(17-18)10-14(16-3)15-11-19-8-9-20-15/h6-7,13-16H,4-5,8-11H2,1-3H3. The third-order valence-corrected chi connectivity index (χ3v) is 6.99. The fourth-order valence-corrected chi connectivity index (χ4v) is 5.66. The van der Waals surface area contributed by atoms with Gasteiger partial charge in [0.05, 0.1) is 11.7 Å². The van der Waals surface area contributed by atoms with Gasteiger partial charge in [0.25, 0.3) is 0 Å². The minimum atomic E-state index is 0.540. The van der Waals surface area contributed by atoms with Crippen molar-refractivity contribution in [3.8, 4) is 0 Å². The van der Waals surface area contributed by atoms with Gasteiger partial charge in [0, 0.05) is 41.2 Å². The molecule has 0 aliphatic carbocycles. The maximum Gasteiger partial charge on any atom is 0.0640 e. The fourth-order valence-electron chi connectivity index (χ4n) is 2.74. The molecule has 114 valence electrons. The maximum atomic E-state index is 4.80. The van der Waals surface area contributed by atoms with Gasteiger partial charge in [-0.25, -0.2) is 0 Å². The lowest BCUT2D eigenvalue weighted by Crippen LogP contribution is -2.40. The van der Waals surface area contributed by atoms with Crippen molar-refractivity contribution in [3.05, 3.63) is 18.0 Å². The normalized spacial score (nSPS) is 21.3. The average molecular weight is 314 g/mol. The van der Waals surface area contributed by atoms with Crippen LogP contribution in [0.15, 0.2) is 12.3 Å². The van der Waals surface area contributed by atoms with Crippen molar-refractivity contribution in [1.29, 1.82) is 0 Å². The third-order valence-electron chi connectivity index (χ3n) is 4.07. The van der Waals surface area contributed by atoms with Crippen molar-refractivity contribution < 1.29 is 0 Å². The van der Waals surface area contributed by atoms with E-state index in [1.165, 1.54) is 23.0 Å². The van der Waals surface area contributed by atoms with Crippen LogP contribution in [0.5, 0.6) is 0 Å². The highest BCUT2D eigenvalue weighted by atomic mass is 32.2. The van der Waals surface area contributed by atoms with E-state index in [0.717, 1.165) is 24.5 Å². The average Bonchev–Trinajstić information content (AvgIpc) is 2.95. The van der Waals surface area contributed by atoms with Crippen molar-refractivity contribution in [2.75, 3.05) is 24.3 Å². The van der Waals surface area contributed by atoms with Gasteiger partial charge in [-0.05, 0) is 26.0 Å². The second-order valence-electron chi connectivity index (χ2n) is 5.34. The number of thioether (sulfide) groups is 2. The quantitative estimate of drug-likeness (QED) is 0.837. The van der Waals surface area contributed by atoms with Gasteiger partial charge in [-0.3, -0.25) is 4.68 Å². The first-order chi connectivity index (χ1) is 9.78. The Morgan fingerprint density at radius 1 is 1.40 bits per heavy atom. The highest BCUT2D eigenvalue weighted by Crippen LogP contribution is 2.27. The summed E-state index contributed by atoms with van der Waals surface area (Å²) in [6, 6.07) is 3.29. The molecule has 1 N–H and O–H groups in total. The summed E-state index contributed by atoms with van der Waals surface area (Å²) in [5.74, 6) is 3.86. The van der Waals surface area contributed by atoms with Crippen molar-refractivity contribution in [2.24, 2.45) is 0 Å². The molecule has 0 spiro atoms. The van der Waals surface area contributed by atoms with Crippen molar-refractivity contribution in [1.82, 2.24) is 15.1 Å². The second-order valence-corrected chi connectivity index (χ2v) is 7.84. The molecule has 20 heavy (non-hydrogen) atoms. The molecule has 1 saturated heterocycles. The molecule has 1 fully saturated rings. The Hall–Kier alpha value is -0.130. The first-order valence-corrected chi connectivity index (χ1v) is 9.89. The Kier molecular flexibility index (Phi) is 6.78. The van der Waals surface area contributed by atoms with Gasteiger partial charge in [0.15, 0.2) is 0 Å². The summed E-state index contributed by atoms with van der Waals surface area (Å²) in [5.41, 5.74) is 1.23. The summed E-state index contributed by atoms with van der Waals surface area (Å²) in [6.45, 7) is 4.48. The summed E-state index contributed by atoms with van der Waals surface area (Å²) in [7, 11) is 2.09. The van der Waals surface area contributed by atoms with E-state index in [2.05, 4.69) is 66.7 Å². The SMILES string of the molecule is CCC(CC)n1ccc(CC(NC)C2CSCCS2)n1. The molecule has 2 heterocycles. The zero-order chi connectivity index (χ0) is 14.4. The van der Waals surface area contributed by atoms with Crippen LogP contribution < -0.4 is 5.32 Å². The van der Waals surface area contributed by atoms with Gasteiger partial charge >= 0.3 is 0 Å². The molecule has 0 saturated carbocycles. The van der Waals surface area contributed by atoms with Crippen molar-refractivity contribution in [2.45, 2.75) is 50.4 Å². The van der Waals surface area contributed by atoms with Crippen molar-refractivity contribution >= 4 is 23.5 Å². The number of nitrogens with zero attached hydrogens (tertiary/aromatic N) is 2. The highest BCUT2D eigenvalue weighted by molar-refractivity contribution is 8.06. The van der Waals surface area contributed by atoms with Gasteiger partial charge in [-0.15, -0.1) is 0 Å². The smallest absolute Gasteiger partial charge is 0.0640 e. The van der Waals surface area contributed by atoms with Gasteiger partial charge < -0.3 is 5.32 Å². The Bertz CT molecular complexity index is 384. The molecular formula is C15H27N3S2. The third kappa shape index (κ3) is 4.18. The molecule has 0 aromatic carbocycles. The van der Waals surface area contributed by atoms with Crippen molar-refractivity contribution in [3.63, 3.8) is 0 Å². The highest BCUT2D eigenvalue weighted by Gasteiger charge is 2.24. The summed E-state index contributed by atoms with van der Waals surface area (Å²) in [4.78, 5) is 0. The molecule has 2 unspecified atom stereocenters. The monoisotopic (exact) mass is 313 g/mol. The van der Waals surface area contributed by atoms with Crippen LogP contribution in [0, 0.1) is 0 Å². The summed E-state index contributed by atoms with van der Waals surface area (Å²) in [5, 5.41) is 9.02. The zero-order valence-electron chi connectivity index (χ0n) is 12.8. The Balaban J connectivity index is 1.96. The Morgan fingerprint density at radius 3 is 2.80 bits per heavy atom. The van der Waals surface area contributed by atoms with Gasteiger partial charge in [-0.1, -0.05) is 13.8 Å². The Labute approximate surface area is 131 Å². The van der Waals surface area contributed by atoms with E-state index in [0.29, 0.717) is 12.1 Å². The molecule has 2 rings (SSSR count). The first-order valence-electron chi connectivity index (χ1n) is 7.69. The van der Waals surface area contributed by atoms with Crippen LogP contribution >= 0.6 is 23.5 Å². The molecule has 0 radical (unpaired) electrons. The minimum Gasteiger partial charge on any atom is -0.315 e. The second kappa shape index (κ2) is 8.35. The number of likely N-dealkylation sites (N-methyl/N-ethyl adjacent to an activating group) is 1. The first kappa shape index (κ1) is 16.2. The van der Waals surface area contributed by atoms with E-state index in [1.54, 1.807) is 0 Å².